The van der Waals surface area contributed by atoms with Gasteiger partial charge in [-0.1, -0.05) is 41.9 Å². The fourth-order valence-electron chi connectivity index (χ4n) is 2.41. The molecular formula is C17H17ClFNO2. The summed E-state index contributed by atoms with van der Waals surface area (Å²) in [6.07, 6.45) is -0.177. The Bertz CT molecular complexity index is 607. The zero-order valence-corrected chi connectivity index (χ0v) is 12.8. The van der Waals surface area contributed by atoms with Crippen LogP contribution in [0.15, 0.2) is 42.5 Å². The van der Waals surface area contributed by atoms with Gasteiger partial charge in [0, 0.05) is 13.1 Å². The number of benzene rings is 2. The minimum atomic E-state index is -0.465. The fourth-order valence-corrected chi connectivity index (χ4v) is 2.68. The average Bonchev–Trinajstić information content (AvgIpc) is 2.56. The van der Waals surface area contributed by atoms with E-state index >= 15 is 0 Å². The number of hydrogen-bond acceptors (Lipinski definition) is 3. The Morgan fingerprint density at radius 1 is 1.27 bits per heavy atom. The van der Waals surface area contributed by atoms with Crippen molar-refractivity contribution in [2.75, 3.05) is 19.7 Å². The highest BCUT2D eigenvalue weighted by Gasteiger charge is 2.20. The van der Waals surface area contributed by atoms with Gasteiger partial charge in [0.1, 0.15) is 6.61 Å². The van der Waals surface area contributed by atoms with Crippen molar-refractivity contribution in [3.05, 3.63) is 64.4 Å². The maximum atomic E-state index is 14.3. The SMILES string of the molecule is Fc1cc(C2CNCCO2)cc(Cl)c1OCc1ccccc1. The van der Waals surface area contributed by atoms with Crippen LogP contribution in [0, 0.1) is 5.82 Å². The van der Waals surface area contributed by atoms with Crippen LogP contribution in [0.4, 0.5) is 4.39 Å². The molecule has 0 bridgehead atoms. The van der Waals surface area contributed by atoms with Crippen molar-refractivity contribution < 1.29 is 13.9 Å². The molecule has 1 atom stereocenters. The van der Waals surface area contributed by atoms with Gasteiger partial charge in [0.2, 0.25) is 0 Å². The molecule has 1 aliphatic heterocycles. The van der Waals surface area contributed by atoms with Crippen LogP contribution in [0.2, 0.25) is 5.02 Å². The first-order chi connectivity index (χ1) is 10.7. The highest BCUT2D eigenvalue weighted by atomic mass is 35.5. The van der Waals surface area contributed by atoms with Crippen molar-refractivity contribution in [3.63, 3.8) is 0 Å². The van der Waals surface area contributed by atoms with Gasteiger partial charge >= 0.3 is 0 Å². The smallest absolute Gasteiger partial charge is 0.174 e. The van der Waals surface area contributed by atoms with Crippen LogP contribution in [-0.4, -0.2) is 19.7 Å². The van der Waals surface area contributed by atoms with E-state index in [1.54, 1.807) is 6.07 Å². The molecule has 1 aliphatic rings. The van der Waals surface area contributed by atoms with E-state index in [0.717, 1.165) is 17.7 Å². The monoisotopic (exact) mass is 321 g/mol. The van der Waals surface area contributed by atoms with E-state index in [1.807, 2.05) is 30.3 Å². The van der Waals surface area contributed by atoms with E-state index in [0.29, 0.717) is 13.2 Å². The zero-order valence-electron chi connectivity index (χ0n) is 12.0. The number of hydrogen-bond donors (Lipinski definition) is 1. The average molecular weight is 322 g/mol. The molecule has 0 spiro atoms. The number of nitrogens with one attached hydrogen (secondary N) is 1. The van der Waals surface area contributed by atoms with E-state index in [4.69, 9.17) is 21.1 Å². The van der Waals surface area contributed by atoms with E-state index in [2.05, 4.69) is 5.32 Å². The molecule has 1 fully saturated rings. The highest BCUT2D eigenvalue weighted by molar-refractivity contribution is 6.32. The second kappa shape index (κ2) is 7.09. The first-order valence-corrected chi connectivity index (χ1v) is 7.60. The van der Waals surface area contributed by atoms with E-state index in [9.17, 15) is 4.39 Å². The normalized spacial score (nSPS) is 18.2. The fraction of sp³-hybridized carbons (Fsp3) is 0.294. The lowest BCUT2D eigenvalue weighted by Crippen LogP contribution is -2.33. The second-order valence-electron chi connectivity index (χ2n) is 5.15. The molecule has 3 rings (SSSR count). The van der Waals surface area contributed by atoms with Crippen LogP contribution in [0.25, 0.3) is 0 Å². The topological polar surface area (TPSA) is 30.5 Å². The summed E-state index contributed by atoms with van der Waals surface area (Å²) in [6.45, 7) is 2.35. The summed E-state index contributed by atoms with van der Waals surface area (Å²) in [5, 5.41) is 3.48. The molecule has 3 nitrogen and oxygen atoms in total. The van der Waals surface area contributed by atoms with Crippen molar-refractivity contribution in [1.29, 1.82) is 0 Å². The summed E-state index contributed by atoms with van der Waals surface area (Å²) in [7, 11) is 0. The minimum Gasteiger partial charge on any atom is -0.484 e. The van der Waals surface area contributed by atoms with E-state index in [1.165, 1.54) is 6.07 Å². The molecule has 2 aromatic rings. The Hall–Kier alpha value is -1.62. The second-order valence-corrected chi connectivity index (χ2v) is 5.56. The van der Waals surface area contributed by atoms with Crippen molar-refractivity contribution in [1.82, 2.24) is 5.32 Å². The number of ether oxygens (including phenoxy) is 2. The maximum Gasteiger partial charge on any atom is 0.174 e. The molecule has 0 aromatic heterocycles. The van der Waals surface area contributed by atoms with E-state index < -0.39 is 5.82 Å². The summed E-state index contributed by atoms with van der Waals surface area (Å²) in [4.78, 5) is 0. The Morgan fingerprint density at radius 2 is 2.09 bits per heavy atom. The van der Waals surface area contributed by atoms with Crippen LogP contribution in [0.3, 0.4) is 0 Å². The van der Waals surface area contributed by atoms with Gasteiger partial charge in [-0.3, -0.25) is 0 Å². The standard InChI is InChI=1S/C17H17ClFNO2/c18-14-8-13(16-10-20-6-7-21-16)9-15(19)17(14)22-11-12-4-2-1-3-5-12/h1-5,8-9,16,20H,6-7,10-11H2. The third kappa shape index (κ3) is 3.58. The lowest BCUT2D eigenvalue weighted by atomic mass is 10.1. The molecule has 22 heavy (non-hydrogen) atoms. The molecule has 0 aliphatic carbocycles. The summed E-state index contributed by atoms with van der Waals surface area (Å²) in [5.41, 5.74) is 1.68. The quantitative estimate of drug-likeness (QED) is 0.931. The van der Waals surface area contributed by atoms with Crippen LogP contribution >= 0.6 is 11.6 Å². The molecule has 5 heteroatoms. The number of morpholine rings is 1. The van der Waals surface area contributed by atoms with Crippen LogP contribution < -0.4 is 10.1 Å². The molecule has 0 saturated carbocycles. The van der Waals surface area contributed by atoms with Crippen LogP contribution in [-0.2, 0) is 11.3 Å². The van der Waals surface area contributed by atoms with Gasteiger partial charge in [-0.25, -0.2) is 4.39 Å². The Morgan fingerprint density at radius 3 is 2.77 bits per heavy atom. The van der Waals surface area contributed by atoms with Gasteiger partial charge in [-0.15, -0.1) is 0 Å². The van der Waals surface area contributed by atoms with Crippen molar-refractivity contribution in [3.8, 4) is 5.75 Å². The molecule has 1 N–H and O–H groups in total. The number of rotatable bonds is 4. The third-order valence-corrected chi connectivity index (χ3v) is 3.83. The van der Waals surface area contributed by atoms with Gasteiger partial charge in [0.15, 0.2) is 11.6 Å². The van der Waals surface area contributed by atoms with Gasteiger partial charge < -0.3 is 14.8 Å². The molecule has 1 heterocycles. The molecular weight excluding hydrogens is 305 g/mol. The molecule has 0 amide bonds. The largest absolute Gasteiger partial charge is 0.484 e. The first kappa shape index (κ1) is 15.3. The van der Waals surface area contributed by atoms with Crippen LogP contribution in [0.5, 0.6) is 5.75 Å². The summed E-state index contributed by atoms with van der Waals surface area (Å²) < 4.78 is 25.4. The third-order valence-electron chi connectivity index (χ3n) is 3.55. The minimum absolute atomic E-state index is 0.0815. The molecule has 0 radical (unpaired) electrons. The van der Waals surface area contributed by atoms with Crippen LogP contribution in [0.1, 0.15) is 17.2 Å². The van der Waals surface area contributed by atoms with E-state index in [-0.39, 0.29) is 23.5 Å². The highest BCUT2D eigenvalue weighted by Crippen LogP contribution is 2.33. The Balaban J connectivity index is 1.74. The lowest BCUT2D eigenvalue weighted by molar-refractivity contribution is 0.0275. The summed E-state index contributed by atoms with van der Waals surface area (Å²) >= 11 is 6.18. The predicted molar refractivity (Wildman–Crippen MR) is 83.7 cm³/mol. The van der Waals surface area contributed by atoms with Crippen molar-refractivity contribution in [2.24, 2.45) is 0 Å². The molecule has 1 unspecified atom stereocenters. The van der Waals surface area contributed by atoms with Gasteiger partial charge in [0.05, 0.1) is 17.7 Å². The zero-order chi connectivity index (χ0) is 15.4. The van der Waals surface area contributed by atoms with Crippen molar-refractivity contribution in [2.45, 2.75) is 12.7 Å². The summed E-state index contributed by atoms with van der Waals surface area (Å²) in [6, 6.07) is 12.7. The van der Waals surface area contributed by atoms with Gasteiger partial charge in [0.25, 0.3) is 0 Å². The number of halogens is 2. The molecule has 2 aromatic carbocycles. The van der Waals surface area contributed by atoms with Gasteiger partial charge in [-0.2, -0.15) is 0 Å². The molecule has 116 valence electrons. The van der Waals surface area contributed by atoms with Crippen molar-refractivity contribution >= 4 is 11.6 Å². The van der Waals surface area contributed by atoms with Gasteiger partial charge in [-0.05, 0) is 23.3 Å². The Kier molecular flexibility index (Phi) is 4.93. The predicted octanol–water partition coefficient (Wildman–Crippen LogP) is 3.72. The molecule has 1 saturated heterocycles. The maximum absolute atomic E-state index is 14.3. The lowest BCUT2D eigenvalue weighted by Gasteiger charge is -2.24. The Labute approximate surface area is 134 Å². The first-order valence-electron chi connectivity index (χ1n) is 7.22. The summed E-state index contributed by atoms with van der Waals surface area (Å²) in [5.74, 6) is -0.384.